The molecule has 0 N–H and O–H groups in total. The number of hydrogen-bond donors (Lipinski definition) is 0. The Balaban J connectivity index is 1.28. The number of thioether (sulfide) groups is 1. The molecule has 288 valence electrons. The fourth-order valence-electron chi connectivity index (χ4n) is 11.8. The highest BCUT2D eigenvalue weighted by atomic mass is 32.2. The van der Waals surface area contributed by atoms with Gasteiger partial charge in [0.1, 0.15) is 23.0 Å². The smallest absolute Gasteiger partial charge is 0.178 e. The summed E-state index contributed by atoms with van der Waals surface area (Å²) < 4.78 is 26.4. The highest BCUT2D eigenvalue weighted by Crippen LogP contribution is 2.68. The van der Waals surface area contributed by atoms with Crippen LogP contribution in [0.1, 0.15) is 108 Å². The molecule has 0 bridgehead atoms. The predicted molar refractivity (Wildman–Crippen MR) is 229 cm³/mol. The molecule has 3 aliphatic carbocycles. The Morgan fingerprint density at radius 2 is 1.29 bits per heavy atom. The molecule has 5 aromatic carbocycles. The maximum absolute atomic E-state index is 7.81. The van der Waals surface area contributed by atoms with E-state index in [-0.39, 0.29) is 16.2 Å². The zero-order valence-corrected chi connectivity index (χ0v) is 35.0. The second kappa shape index (κ2) is 12.3. The maximum atomic E-state index is 7.81. The van der Waals surface area contributed by atoms with Crippen LogP contribution >= 0.6 is 11.8 Å². The molecule has 2 fully saturated rings. The molecule has 0 amide bonds. The average molecular weight is 763 g/mol. The Morgan fingerprint density at radius 3 is 1.86 bits per heavy atom. The van der Waals surface area contributed by atoms with Crippen molar-refractivity contribution in [1.82, 2.24) is 0 Å². The number of fused-ring (bicyclic) bond motifs is 12. The molecule has 2 atom stereocenters. The lowest BCUT2D eigenvalue weighted by Crippen LogP contribution is -2.53. The van der Waals surface area contributed by atoms with Crippen molar-refractivity contribution in [3.05, 3.63) is 119 Å². The maximum Gasteiger partial charge on any atom is 0.178 e. The van der Waals surface area contributed by atoms with Crippen LogP contribution in [0.3, 0.4) is 0 Å². The van der Waals surface area contributed by atoms with Gasteiger partial charge in [-0.3, -0.25) is 0 Å². The molecule has 5 aliphatic rings. The van der Waals surface area contributed by atoms with E-state index in [9.17, 15) is 0 Å². The number of benzene rings is 5. The van der Waals surface area contributed by atoms with E-state index in [1.165, 1.54) is 76.6 Å². The summed E-state index contributed by atoms with van der Waals surface area (Å²) in [5.41, 5.74) is 7.87. The molecular formula is C51H54O4S. The summed E-state index contributed by atoms with van der Waals surface area (Å²) in [4.78, 5) is 0.755. The van der Waals surface area contributed by atoms with Gasteiger partial charge in [-0.25, -0.2) is 0 Å². The Kier molecular flexibility index (Phi) is 7.93. The lowest BCUT2D eigenvalue weighted by atomic mass is 9.72. The normalized spacial score (nSPS) is 23.8. The van der Waals surface area contributed by atoms with Crippen LogP contribution in [0.2, 0.25) is 0 Å². The first kappa shape index (κ1) is 36.0. The highest BCUT2D eigenvalue weighted by Gasteiger charge is 2.59. The van der Waals surface area contributed by atoms with E-state index in [4.69, 9.17) is 18.9 Å². The molecule has 1 spiro atoms. The Labute approximate surface area is 337 Å². The minimum absolute atomic E-state index is 0.0545. The molecule has 56 heavy (non-hydrogen) atoms. The van der Waals surface area contributed by atoms with Crippen molar-refractivity contribution in [2.75, 3.05) is 14.2 Å². The van der Waals surface area contributed by atoms with Crippen molar-refractivity contribution in [3.8, 4) is 34.1 Å². The fraction of sp³-hybridized carbons (Fsp3) is 0.412. The molecule has 2 aliphatic heterocycles. The summed E-state index contributed by atoms with van der Waals surface area (Å²) in [6, 6.07) is 30.9. The summed E-state index contributed by atoms with van der Waals surface area (Å²) in [7, 11) is 3.43. The molecule has 0 aromatic heterocycles. The van der Waals surface area contributed by atoms with Crippen molar-refractivity contribution < 1.29 is 18.9 Å². The van der Waals surface area contributed by atoms with Crippen LogP contribution < -0.4 is 18.9 Å². The SMILES string of the molecule is COc1ccc(C2(c3ccc(OC)cc3)C=Cc3c4c(c5cc6c(cc5c3O2)OC(C(C)(C)C)(C(C)(C)C)S6)-c2ccccc2C42CC3CCCCC3C2)cc1. The van der Waals surface area contributed by atoms with Gasteiger partial charge in [0.25, 0.3) is 0 Å². The monoisotopic (exact) mass is 762 g/mol. The Bertz CT molecular complexity index is 2330. The zero-order chi connectivity index (χ0) is 38.8. The van der Waals surface area contributed by atoms with E-state index in [1.807, 2.05) is 36.0 Å². The number of ether oxygens (including phenoxy) is 4. The van der Waals surface area contributed by atoms with Crippen molar-refractivity contribution in [2.24, 2.45) is 22.7 Å². The highest BCUT2D eigenvalue weighted by molar-refractivity contribution is 8.01. The quantitative estimate of drug-likeness (QED) is 0.182. The largest absolute Gasteiger partial charge is 0.497 e. The van der Waals surface area contributed by atoms with E-state index in [1.54, 1.807) is 14.2 Å². The molecule has 5 heteroatoms. The van der Waals surface area contributed by atoms with Crippen molar-refractivity contribution in [1.29, 1.82) is 0 Å². The van der Waals surface area contributed by atoms with E-state index in [0.29, 0.717) is 0 Å². The van der Waals surface area contributed by atoms with Crippen LogP contribution in [0.5, 0.6) is 23.0 Å². The molecule has 2 saturated carbocycles. The third-order valence-electron chi connectivity index (χ3n) is 14.1. The molecule has 5 aromatic rings. The predicted octanol–water partition coefficient (Wildman–Crippen LogP) is 13.3. The summed E-state index contributed by atoms with van der Waals surface area (Å²) in [5.74, 6) is 5.02. The average Bonchev–Trinajstić information content (AvgIpc) is 3.88. The van der Waals surface area contributed by atoms with Gasteiger partial charge in [-0.1, -0.05) is 134 Å². The molecular weight excluding hydrogens is 709 g/mol. The molecule has 10 rings (SSSR count). The molecule has 2 unspecified atom stereocenters. The summed E-state index contributed by atoms with van der Waals surface area (Å²) >= 11 is 1.92. The number of rotatable bonds is 4. The van der Waals surface area contributed by atoms with E-state index in [2.05, 4.69) is 114 Å². The second-order valence-electron chi connectivity index (χ2n) is 19.1. The van der Waals surface area contributed by atoms with Gasteiger partial charge in [-0.2, -0.15) is 0 Å². The van der Waals surface area contributed by atoms with Crippen LogP contribution in [0.15, 0.2) is 95.9 Å². The molecule has 0 saturated heterocycles. The Morgan fingerprint density at radius 1 is 0.696 bits per heavy atom. The van der Waals surface area contributed by atoms with Crippen LogP contribution in [0.4, 0.5) is 0 Å². The lowest BCUT2D eigenvalue weighted by molar-refractivity contribution is -0.0296. The summed E-state index contributed by atoms with van der Waals surface area (Å²) in [6.07, 6.45) is 12.5. The van der Waals surface area contributed by atoms with Crippen molar-refractivity contribution in [3.63, 3.8) is 0 Å². The van der Waals surface area contributed by atoms with Gasteiger partial charge in [0.15, 0.2) is 10.5 Å². The Hall–Kier alpha value is -4.35. The standard InChI is InChI=1S/C51H54O4S/c1-47(2,3)51(48(4,5)6)54-42-27-40-39(28-43(42)56-51)44-37-15-11-12-16-41(37)49(29-31-13-9-10-14-32(31)30-49)45(44)38-25-26-50(55-46(38)40,33-17-21-35(52-7)22-18-33)34-19-23-36(53-8)24-20-34/h11-12,15-28,31-32H,9-10,13-14,29-30H2,1-8H3. The minimum atomic E-state index is -0.899. The summed E-state index contributed by atoms with van der Waals surface area (Å²) in [5, 5.41) is 2.37. The van der Waals surface area contributed by atoms with Gasteiger partial charge in [0.05, 0.1) is 19.1 Å². The van der Waals surface area contributed by atoms with Crippen molar-refractivity contribution >= 4 is 28.6 Å². The fourth-order valence-corrected chi connectivity index (χ4v) is 13.2. The van der Waals surface area contributed by atoms with Gasteiger partial charge in [0, 0.05) is 38.3 Å². The van der Waals surface area contributed by atoms with E-state index < -0.39 is 10.5 Å². The van der Waals surface area contributed by atoms with Gasteiger partial charge in [0.2, 0.25) is 0 Å². The van der Waals surface area contributed by atoms with Gasteiger partial charge in [-0.15, -0.1) is 0 Å². The third kappa shape index (κ3) is 4.91. The molecule has 2 heterocycles. The second-order valence-corrected chi connectivity index (χ2v) is 20.3. The topological polar surface area (TPSA) is 36.9 Å². The number of hydrogen-bond acceptors (Lipinski definition) is 5. The van der Waals surface area contributed by atoms with Crippen LogP contribution in [0, 0.1) is 22.7 Å². The first-order valence-corrected chi connectivity index (χ1v) is 21.5. The van der Waals surface area contributed by atoms with Crippen LogP contribution in [-0.2, 0) is 11.0 Å². The van der Waals surface area contributed by atoms with Crippen LogP contribution in [-0.4, -0.2) is 19.2 Å². The van der Waals surface area contributed by atoms with Crippen molar-refractivity contribution in [2.45, 2.75) is 101 Å². The minimum Gasteiger partial charge on any atom is -0.497 e. The molecule has 0 radical (unpaired) electrons. The zero-order valence-electron chi connectivity index (χ0n) is 34.2. The summed E-state index contributed by atoms with van der Waals surface area (Å²) in [6.45, 7) is 13.9. The van der Waals surface area contributed by atoms with Gasteiger partial charge in [-0.05, 0) is 94.8 Å². The number of methoxy groups -OCH3 is 2. The third-order valence-corrected chi connectivity index (χ3v) is 16.2. The van der Waals surface area contributed by atoms with E-state index in [0.717, 1.165) is 51.3 Å². The van der Waals surface area contributed by atoms with E-state index >= 15 is 0 Å². The van der Waals surface area contributed by atoms with Crippen LogP contribution in [0.25, 0.3) is 28.0 Å². The first-order chi connectivity index (χ1) is 26.8. The van der Waals surface area contributed by atoms with Gasteiger partial charge < -0.3 is 18.9 Å². The van der Waals surface area contributed by atoms with Gasteiger partial charge >= 0.3 is 0 Å². The molecule has 4 nitrogen and oxygen atoms in total. The lowest BCUT2D eigenvalue weighted by Gasteiger charge is -2.48. The first-order valence-electron chi connectivity index (χ1n) is 20.7.